The minimum atomic E-state index is -4.60. The maximum atomic E-state index is 13.9. The standard InChI is InChI=1S/C16H17F4NO2/c1-21-11-4-9(5-12(21)8-23-7-11)15(22)13-6-10(16(18,19)20)2-3-14(13)17/h2-3,6,9,11-12H,4-5,7-8H2,1H3. The Morgan fingerprint density at radius 3 is 2.39 bits per heavy atom. The molecule has 23 heavy (non-hydrogen) atoms. The predicted molar refractivity (Wildman–Crippen MR) is 74.6 cm³/mol. The van der Waals surface area contributed by atoms with Gasteiger partial charge in [0.1, 0.15) is 5.82 Å². The number of morpholine rings is 1. The van der Waals surface area contributed by atoms with Crippen LogP contribution in [0.15, 0.2) is 18.2 Å². The third kappa shape index (κ3) is 3.12. The van der Waals surface area contributed by atoms with Crippen molar-refractivity contribution < 1.29 is 27.1 Å². The number of ketones is 1. The molecule has 2 saturated heterocycles. The van der Waals surface area contributed by atoms with Crippen molar-refractivity contribution in [3.63, 3.8) is 0 Å². The van der Waals surface area contributed by atoms with Gasteiger partial charge in [0.15, 0.2) is 5.78 Å². The van der Waals surface area contributed by atoms with E-state index >= 15 is 0 Å². The zero-order valence-electron chi connectivity index (χ0n) is 12.6. The highest BCUT2D eigenvalue weighted by Gasteiger charge is 2.40. The van der Waals surface area contributed by atoms with Crippen molar-refractivity contribution in [1.29, 1.82) is 0 Å². The Morgan fingerprint density at radius 2 is 1.83 bits per heavy atom. The fourth-order valence-corrected chi connectivity index (χ4v) is 3.42. The average molecular weight is 331 g/mol. The Hall–Kier alpha value is -1.47. The van der Waals surface area contributed by atoms with Gasteiger partial charge in [0, 0.05) is 18.0 Å². The average Bonchev–Trinajstić information content (AvgIpc) is 2.45. The minimum absolute atomic E-state index is 0.0466. The summed E-state index contributed by atoms with van der Waals surface area (Å²) in [7, 11) is 1.95. The van der Waals surface area contributed by atoms with E-state index in [9.17, 15) is 22.4 Å². The zero-order chi connectivity index (χ0) is 16.8. The molecule has 0 spiro atoms. The zero-order valence-corrected chi connectivity index (χ0v) is 12.6. The van der Waals surface area contributed by atoms with Crippen LogP contribution < -0.4 is 0 Å². The predicted octanol–water partition coefficient (Wildman–Crippen LogP) is 3.14. The van der Waals surface area contributed by atoms with Crippen molar-refractivity contribution in [2.45, 2.75) is 31.1 Å². The second kappa shape index (κ2) is 5.87. The number of rotatable bonds is 2. The van der Waals surface area contributed by atoms with Crippen LogP contribution in [0.2, 0.25) is 0 Å². The summed E-state index contributed by atoms with van der Waals surface area (Å²) >= 11 is 0. The van der Waals surface area contributed by atoms with Gasteiger partial charge in [-0.2, -0.15) is 13.2 Å². The molecule has 2 atom stereocenters. The van der Waals surface area contributed by atoms with Crippen molar-refractivity contribution >= 4 is 5.78 Å². The third-order valence-corrected chi connectivity index (χ3v) is 4.82. The molecule has 2 unspecified atom stereocenters. The normalized spacial score (nSPS) is 28.7. The number of ether oxygens (including phenoxy) is 1. The topological polar surface area (TPSA) is 29.5 Å². The molecule has 0 radical (unpaired) electrons. The maximum Gasteiger partial charge on any atom is 0.416 e. The molecular formula is C16H17F4NO2. The van der Waals surface area contributed by atoms with Crippen LogP contribution >= 0.6 is 0 Å². The van der Waals surface area contributed by atoms with Gasteiger partial charge in [0.05, 0.1) is 24.3 Å². The number of hydrogen-bond donors (Lipinski definition) is 0. The Bertz CT molecular complexity index is 603. The van der Waals surface area contributed by atoms with Crippen LogP contribution in [-0.2, 0) is 10.9 Å². The molecular weight excluding hydrogens is 314 g/mol. The highest BCUT2D eigenvalue weighted by molar-refractivity contribution is 5.98. The summed E-state index contributed by atoms with van der Waals surface area (Å²) < 4.78 is 57.7. The molecule has 3 nitrogen and oxygen atoms in total. The molecule has 0 amide bonds. The van der Waals surface area contributed by atoms with Crippen LogP contribution in [0.3, 0.4) is 0 Å². The molecule has 2 aliphatic heterocycles. The first-order valence-electron chi connectivity index (χ1n) is 7.48. The molecule has 0 saturated carbocycles. The van der Waals surface area contributed by atoms with Gasteiger partial charge in [-0.1, -0.05) is 0 Å². The first-order valence-corrected chi connectivity index (χ1v) is 7.48. The smallest absolute Gasteiger partial charge is 0.378 e. The van der Waals surface area contributed by atoms with Crippen LogP contribution in [0.1, 0.15) is 28.8 Å². The van der Waals surface area contributed by atoms with Gasteiger partial charge in [-0.3, -0.25) is 9.69 Å². The molecule has 3 rings (SSSR count). The molecule has 2 fully saturated rings. The Labute approximate surface area is 131 Å². The number of hydrogen-bond acceptors (Lipinski definition) is 3. The molecule has 1 aromatic carbocycles. The highest BCUT2D eigenvalue weighted by Crippen LogP contribution is 2.35. The Morgan fingerprint density at radius 1 is 1.22 bits per heavy atom. The van der Waals surface area contributed by atoms with E-state index in [0.717, 1.165) is 6.07 Å². The number of alkyl halides is 3. The lowest BCUT2D eigenvalue weighted by molar-refractivity contribution is -0.137. The number of halogens is 4. The summed E-state index contributed by atoms with van der Waals surface area (Å²) in [6.07, 6.45) is -3.65. The van der Waals surface area contributed by atoms with E-state index in [4.69, 9.17) is 4.74 Å². The quantitative estimate of drug-likeness (QED) is 0.616. The molecule has 0 aromatic heterocycles. The summed E-state index contributed by atoms with van der Waals surface area (Å²) in [6.45, 7) is 0.976. The van der Waals surface area contributed by atoms with Crippen LogP contribution in [0.5, 0.6) is 0 Å². The van der Waals surface area contributed by atoms with E-state index in [1.165, 1.54) is 0 Å². The van der Waals surface area contributed by atoms with E-state index in [-0.39, 0.29) is 12.1 Å². The van der Waals surface area contributed by atoms with E-state index in [1.807, 2.05) is 7.05 Å². The van der Waals surface area contributed by atoms with Crippen molar-refractivity contribution in [2.75, 3.05) is 20.3 Å². The van der Waals surface area contributed by atoms with Crippen molar-refractivity contribution in [3.05, 3.63) is 35.1 Å². The lowest BCUT2D eigenvalue weighted by Crippen LogP contribution is -2.55. The van der Waals surface area contributed by atoms with Gasteiger partial charge < -0.3 is 4.74 Å². The maximum absolute atomic E-state index is 13.9. The molecule has 2 aliphatic rings. The van der Waals surface area contributed by atoms with E-state index in [2.05, 4.69) is 4.90 Å². The lowest BCUT2D eigenvalue weighted by Gasteiger charge is -2.46. The molecule has 7 heteroatoms. The molecule has 0 N–H and O–H groups in total. The molecule has 2 heterocycles. The third-order valence-electron chi connectivity index (χ3n) is 4.82. The van der Waals surface area contributed by atoms with Gasteiger partial charge in [0.2, 0.25) is 0 Å². The van der Waals surface area contributed by atoms with E-state index in [0.29, 0.717) is 38.2 Å². The highest BCUT2D eigenvalue weighted by atomic mass is 19.4. The summed E-state index contributed by atoms with van der Waals surface area (Å²) in [6, 6.07) is 2.09. The Kier molecular flexibility index (Phi) is 4.18. The van der Waals surface area contributed by atoms with E-state index < -0.39 is 34.8 Å². The number of Topliss-reactive ketones (excluding diaryl/α,β-unsaturated/α-hetero) is 1. The van der Waals surface area contributed by atoms with Crippen molar-refractivity contribution in [3.8, 4) is 0 Å². The largest absolute Gasteiger partial charge is 0.416 e. The SMILES string of the molecule is CN1C2COCC1CC(C(=O)c1cc(C(F)(F)F)ccc1F)C2. The van der Waals surface area contributed by atoms with Crippen LogP contribution in [0.25, 0.3) is 0 Å². The molecule has 126 valence electrons. The molecule has 0 aliphatic carbocycles. The minimum Gasteiger partial charge on any atom is -0.378 e. The summed E-state index contributed by atoms with van der Waals surface area (Å²) in [5.41, 5.74) is -1.47. The monoisotopic (exact) mass is 331 g/mol. The number of piperidine rings is 1. The van der Waals surface area contributed by atoms with Crippen LogP contribution in [0, 0.1) is 11.7 Å². The van der Waals surface area contributed by atoms with Gasteiger partial charge in [-0.25, -0.2) is 4.39 Å². The van der Waals surface area contributed by atoms with E-state index in [1.54, 1.807) is 0 Å². The number of carbonyl (C=O) groups is 1. The second-order valence-corrected chi connectivity index (χ2v) is 6.24. The fourth-order valence-electron chi connectivity index (χ4n) is 3.42. The summed E-state index contributed by atoms with van der Waals surface area (Å²) in [5.74, 6) is -1.91. The van der Waals surface area contributed by atoms with Crippen molar-refractivity contribution in [2.24, 2.45) is 5.92 Å². The van der Waals surface area contributed by atoms with Crippen molar-refractivity contribution in [1.82, 2.24) is 4.90 Å². The summed E-state index contributed by atoms with van der Waals surface area (Å²) in [5, 5.41) is 0. The second-order valence-electron chi connectivity index (χ2n) is 6.24. The number of fused-ring (bicyclic) bond motifs is 2. The van der Waals surface area contributed by atoms with Gasteiger partial charge >= 0.3 is 6.18 Å². The van der Waals surface area contributed by atoms with Crippen LogP contribution in [-0.4, -0.2) is 43.0 Å². The van der Waals surface area contributed by atoms with Gasteiger partial charge in [0.25, 0.3) is 0 Å². The number of benzene rings is 1. The fraction of sp³-hybridized carbons (Fsp3) is 0.562. The first-order chi connectivity index (χ1) is 10.8. The number of nitrogens with zero attached hydrogens (tertiary/aromatic N) is 1. The van der Waals surface area contributed by atoms with Gasteiger partial charge in [-0.05, 0) is 38.1 Å². The Balaban J connectivity index is 1.86. The molecule has 2 bridgehead atoms. The first kappa shape index (κ1) is 16.4. The lowest BCUT2D eigenvalue weighted by atomic mass is 9.80. The van der Waals surface area contributed by atoms with Crippen LogP contribution in [0.4, 0.5) is 17.6 Å². The number of carbonyl (C=O) groups excluding carboxylic acids is 1. The molecule has 1 aromatic rings. The number of likely N-dealkylation sites (N-methyl/N-ethyl adjacent to an activating group) is 1. The summed E-state index contributed by atoms with van der Waals surface area (Å²) in [4.78, 5) is 14.7. The van der Waals surface area contributed by atoms with Gasteiger partial charge in [-0.15, -0.1) is 0 Å².